The van der Waals surface area contributed by atoms with Gasteiger partial charge in [0, 0.05) is 11.6 Å². The third kappa shape index (κ3) is 2.46. The number of aryl methyl sites for hydroxylation is 1. The highest BCUT2D eigenvalue weighted by Gasteiger charge is 2.63. The number of ether oxygens (including phenoxy) is 1. The minimum absolute atomic E-state index is 0.317. The van der Waals surface area contributed by atoms with E-state index >= 15 is 0 Å². The zero-order chi connectivity index (χ0) is 15.1. The van der Waals surface area contributed by atoms with Crippen molar-refractivity contribution in [2.75, 3.05) is 13.7 Å². The highest BCUT2D eigenvalue weighted by Crippen LogP contribution is 2.68. The van der Waals surface area contributed by atoms with Crippen LogP contribution in [0.25, 0.3) is 0 Å². The van der Waals surface area contributed by atoms with E-state index in [-0.39, 0.29) is 0 Å². The van der Waals surface area contributed by atoms with Crippen molar-refractivity contribution in [3.05, 3.63) is 29.3 Å². The van der Waals surface area contributed by atoms with Crippen molar-refractivity contribution in [1.29, 1.82) is 0 Å². The molecule has 1 aromatic carbocycles. The molecule has 2 nitrogen and oxygen atoms in total. The molecule has 1 aromatic rings. The number of benzene rings is 1. The molecule has 20 heavy (non-hydrogen) atoms. The normalized spacial score (nSPS) is 21.6. The summed E-state index contributed by atoms with van der Waals surface area (Å²) in [7, 11) is 1.74. The van der Waals surface area contributed by atoms with Crippen LogP contribution < -0.4 is 10.1 Å². The summed E-state index contributed by atoms with van der Waals surface area (Å²) in [6.07, 6.45) is 0. The lowest BCUT2D eigenvalue weighted by atomic mass is 10.0. The monoisotopic (exact) mass is 275 g/mol. The first-order chi connectivity index (χ1) is 9.21. The molecule has 1 aliphatic carbocycles. The smallest absolute Gasteiger partial charge is 0.123 e. The molecule has 0 bridgehead atoms. The van der Waals surface area contributed by atoms with Crippen molar-refractivity contribution in [2.45, 2.75) is 47.6 Å². The van der Waals surface area contributed by atoms with Gasteiger partial charge in [-0.05, 0) is 43.2 Å². The van der Waals surface area contributed by atoms with E-state index in [9.17, 15) is 0 Å². The summed E-state index contributed by atoms with van der Waals surface area (Å²) in [5.41, 5.74) is 3.41. The molecule has 0 radical (unpaired) electrons. The second-order valence-electron chi connectivity index (χ2n) is 7.37. The number of hydrogen-bond acceptors (Lipinski definition) is 2. The number of hydrogen-bond donors (Lipinski definition) is 1. The summed E-state index contributed by atoms with van der Waals surface area (Å²) in [5.74, 6) is 1.72. The van der Waals surface area contributed by atoms with Crippen LogP contribution in [0.5, 0.6) is 5.75 Å². The molecule has 0 aromatic heterocycles. The van der Waals surface area contributed by atoms with Crippen LogP contribution in [0.3, 0.4) is 0 Å². The molecule has 1 fully saturated rings. The lowest BCUT2D eigenvalue weighted by Crippen LogP contribution is -2.23. The van der Waals surface area contributed by atoms with Crippen molar-refractivity contribution in [3.8, 4) is 5.75 Å². The second kappa shape index (κ2) is 5.07. The van der Waals surface area contributed by atoms with Crippen molar-refractivity contribution >= 4 is 0 Å². The molecular formula is C18H29NO. The molecule has 112 valence electrons. The molecule has 0 aliphatic heterocycles. The minimum Gasteiger partial charge on any atom is -0.496 e. The molecule has 2 rings (SSSR count). The van der Waals surface area contributed by atoms with E-state index in [0.29, 0.717) is 16.9 Å². The van der Waals surface area contributed by atoms with Gasteiger partial charge in [-0.15, -0.1) is 0 Å². The highest BCUT2D eigenvalue weighted by molar-refractivity contribution is 5.38. The van der Waals surface area contributed by atoms with Gasteiger partial charge in [0.05, 0.1) is 7.11 Å². The Morgan fingerprint density at radius 3 is 2.30 bits per heavy atom. The van der Waals surface area contributed by atoms with Gasteiger partial charge in [-0.2, -0.15) is 0 Å². The summed E-state index contributed by atoms with van der Waals surface area (Å²) < 4.78 is 5.49. The van der Waals surface area contributed by atoms with Gasteiger partial charge in [0.1, 0.15) is 5.75 Å². The highest BCUT2D eigenvalue weighted by atomic mass is 16.5. The van der Waals surface area contributed by atoms with Crippen molar-refractivity contribution in [1.82, 2.24) is 5.32 Å². The van der Waals surface area contributed by atoms with Gasteiger partial charge in [0.15, 0.2) is 0 Å². The van der Waals surface area contributed by atoms with Crippen molar-refractivity contribution in [3.63, 3.8) is 0 Å². The predicted octanol–water partition coefficient (Wildman–Crippen LogP) is 4.34. The summed E-state index contributed by atoms with van der Waals surface area (Å²) >= 11 is 0. The van der Waals surface area contributed by atoms with Crippen LogP contribution in [0.1, 0.15) is 51.8 Å². The van der Waals surface area contributed by atoms with Crippen LogP contribution in [0.4, 0.5) is 0 Å². The quantitative estimate of drug-likeness (QED) is 0.863. The number of nitrogens with one attached hydrogen (secondary N) is 1. The fraction of sp³-hybridized carbons (Fsp3) is 0.667. The van der Waals surface area contributed by atoms with Crippen LogP contribution in [0.15, 0.2) is 18.2 Å². The van der Waals surface area contributed by atoms with Gasteiger partial charge in [-0.1, -0.05) is 45.4 Å². The van der Waals surface area contributed by atoms with Crippen LogP contribution in [0, 0.1) is 23.7 Å². The summed E-state index contributed by atoms with van der Waals surface area (Å²) in [6, 6.07) is 6.70. The lowest BCUT2D eigenvalue weighted by molar-refractivity contribution is 0.398. The number of methoxy groups -OCH3 is 1. The SMILES string of the molecule is COc1ccc(C)cc1C(C)NCC1C(C)(C)C1(C)C. The van der Waals surface area contributed by atoms with Crippen LogP contribution >= 0.6 is 0 Å². The molecule has 1 saturated carbocycles. The Morgan fingerprint density at radius 1 is 1.20 bits per heavy atom. The molecule has 0 saturated heterocycles. The van der Waals surface area contributed by atoms with Crippen molar-refractivity contribution < 1.29 is 4.74 Å². The van der Waals surface area contributed by atoms with Crippen molar-refractivity contribution in [2.24, 2.45) is 16.7 Å². The van der Waals surface area contributed by atoms with E-state index in [1.165, 1.54) is 11.1 Å². The van der Waals surface area contributed by atoms with Gasteiger partial charge >= 0.3 is 0 Å². The molecule has 1 unspecified atom stereocenters. The Labute approximate surface area is 123 Å². The van der Waals surface area contributed by atoms with Gasteiger partial charge in [0.25, 0.3) is 0 Å². The topological polar surface area (TPSA) is 21.3 Å². The van der Waals surface area contributed by atoms with E-state index in [2.05, 4.69) is 65.1 Å². The van der Waals surface area contributed by atoms with E-state index in [0.717, 1.165) is 18.2 Å². The third-order valence-electron chi connectivity index (χ3n) is 5.80. The first kappa shape index (κ1) is 15.4. The summed E-state index contributed by atoms with van der Waals surface area (Å²) in [5, 5.41) is 3.69. The standard InChI is InChI=1S/C18H29NO/c1-12-8-9-15(20-7)14(10-12)13(2)19-11-16-17(3,4)18(16,5)6/h8-10,13,16,19H,11H2,1-7H3. The fourth-order valence-electron chi connectivity index (χ4n) is 3.44. The van der Waals surface area contributed by atoms with Gasteiger partial charge < -0.3 is 10.1 Å². The Hall–Kier alpha value is -1.02. The van der Waals surface area contributed by atoms with Crippen LogP contribution in [-0.4, -0.2) is 13.7 Å². The third-order valence-corrected chi connectivity index (χ3v) is 5.80. The van der Waals surface area contributed by atoms with Gasteiger partial charge in [0.2, 0.25) is 0 Å². The van der Waals surface area contributed by atoms with E-state index in [1.807, 2.05) is 0 Å². The molecule has 1 atom stereocenters. The predicted molar refractivity (Wildman–Crippen MR) is 85.2 cm³/mol. The molecular weight excluding hydrogens is 246 g/mol. The van der Waals surface area contributed by atoms with E-state index < -0.39 is 0 Å². The zero-order valence-electron chi connectivity index (χ0n) is 14.0. The second-order valence-corrected chi connectivity index (χ2v) is 7.37. The Bertz CT molecular complexity index is 476. The van der Waals surface area contributed by atoms with E-state index in [4.69, 9.17) is 4.74 Å². The first-order valence-electron chi connectivity index (χ1n) is 7.59. The van der Waals surface area contributed by atoms with E-state index in [1.54, 1.807) is 7.11 Å². The fourth-order valence-corrected chi connectivity index (χ4v) is 3.44. The number of rotatable bonds is 5. The Kier molecular flexibility index (Phi) is 3.90. The largest absolute Gasteiger partial charge is 0.496 e. The van der Waals surface area contributed by atoms with Gasteiger partial charge in [-0.25, -0.2) is 0 Å². The minimum atomic E-state index is 0.317. The molecule has 0 amide bonds. The zero-order valence-corrected chi connectivity index (χ0v) is 14.0. The molecule has 1 aliphatic rings. The van der Waals surface area contributed by atoms with Crippen LogP contribution in [0.2, 0.25) is 0 Å². The molecule has 2 heteroatoms. The summed E-state index contributed by atoms with van der Waals surface area (Å²) in [4.78, 5) is 0. The summed E-state index contributed by atoms with van der Waals surface area (Å²) in [6.45, 7) is 14.9. The maximum atomic E-state index is 5.49. The average Bonchev–Trinajstić information content (AvgIpc) is 2.76. The maximum absolute atomic E-state index is 5.49. The average molecular weight is 275 g/mol. The van der Waals surface area contributed by atoms with Crippen LogP contribution in [-0.2, 0) is 0 Å². The maximum Gasteiger partial charge on any atom is 0.123 e. The molecule has 0 heterocycles. The molecule has 1 N–H and O–H groups in total. The first-order valence-corrected chi connectivity index (χ1v) is 7.59. The Morgan fingerprint density at radius 2 is 1.80 bits per heavy atom. The van der Waals surface area contributed by atoms with Gasteiger partial charge in [-0.3, -0.25) is 0 Å². The lowest BCUT2D eigenvalue weighted by Gasteiger charge is -2.18. The Balaban J connectivity index is 2.03. The molecule has 0 spiro atoms.